The zero-order valence-electron chi connectivity index (χ0n) is 10.4. The van der Waals surface area contributed by atoms with Crippen LogP contribution in [0, 0.1) is 24.7 Å². The van der Waals surface area contributed by atoms with Crippen LogP contribution in [0.4, 0.5) is 0 Å². The van der Waals surface area contributed by atoms with Crippen LogP contribution in [-0.4, -0.2) is 5.11 Å². The van der Waals surface area contributed by atoms with Crippen LogP contribution in [-0.2, 0) is 0 Å². The van der Waals surface area contributed by atoms with Gasteiger partial charge in [0.1, 0.15) is 17.6 Å². The monoisotopic (exact) mass is 222 g/mol. The summed E-state index contributed by atoms with van der Waals surface area (Å²) in [7, 11) is 0. The summed E-state index contributed by atoms with van der Waals surface area (Å²) in [6.45, 7) is 6.52. The van der Waals surface area contributed by atoms with E-state index in [4.69, 9.17) is 4.42 Å². The van der Waals surface area contributed by atoms with Crippen LogP contribution in [0.25, 0.3) is 0 Å². The molecule has 1 aliphatic rings. The lowest BCUT2D eigenvalue weighted by Gasteiger charge is -2.34. The average Bonchev–Trinajstić information content (AvgIpc) is 2.68. The van der Waals surface area contributed by atoms with Crippen molar-refractivity contribution in [1.82, 2.24) is 0 Å². The normalized spacial score (nSPS) is 32.6. The third-order valence-corrected chi connectivity index (χ3v) is 4.14. The summed E-state index contributed by atoms with van der Waals surface area (Å²) >= 11 is 0. The van der Waals surface area contributed by atoms with Crippen molar-refractivity contribution in [3.05, 3.63) is 23.7 Å². The third kappa shape index (κ3) is 2.32. The van der Waals surface area contributed by atoms with Crippen LogP contribution in [0.3, 0.4) is 0 Å². The Bertz CT molecular complexity index is 342. The van der Waals surface area contributed by atoms with Crippen molar-refractivity contribution in [2.75, 3.05) is 0 Å². The highest BCUT2D eigenvalue weighted by molar-refractivity contribution is 5.09. The Morgan fingerprint density at radius 1 is 1.25 bits per heavy atom. The van der Waals surface area contributed by atoms with E-state index in [0.29, 0.717) is 11.8 Å². The summed E-state index contributed by atoms with van der Waals surface area (Å²) in [4.78, 5) is 0. The number of hydrogen-bond donors (Lipinski definition) is 1. The van der Waals surface area contributed by atoms with Crippen LogP contribution in [0.1, 0.15) is 50.7 Å². The predicted molar refractivity (Wildman–Crippen MR) is 64.1 cm³/mol. The molecular weight excluding hydrogens is 200 g/mol. The van der Waals surface area contributed by atoms with Gasteiger partial charge in [0.25, 0.3) is 0 Å². The molecule has 1 N–H and O–H groups in total. The molecular formula is C14H22O2. The maximum absolute atomic E-state index is 10.3. The topological polar surface area (TPSA) is 33.4 Å². The molecule has 0 aliphatic heterocycles. The first-order chi connectivity index (χ1) is 7.58. The minimum atomic E-state index is -0.413. The van der Waals surface area contributed by atoms with E-state index in [1.807, 2.05) is 19.1 Å². The van der Waals surface area contributed by atoms with Gasteiger partial charge < -0.3 is 9.52 Å². The van der Waals surface area contributed by atoms with Crippen LogP contribution in [0.2, 0.25) is 0 Å². The van der Waals surface area contributed by atoms with Crippen molar-refractivity contribution in [2.24, 2.45) is 17.8 Å². The summed E-state index contributed by atoms with van der Waals surface area (Å²) < 4.78 is 5.51. The van der Waals surface area contributed by atoms with E-state index in [-0.39, 0.29) is 0 Å². The smallest absolute Gasteiger partial charge is 0.132 e. The Hall–Kier alpha value is -0.760. The van der Waals surface area contributed by atoms with Crippen LogP contribution in [0.15, 0.2) is 16.5 Å². The van der Waals surface area contributed by atoms with Gasteiger partial charge in [-0.25, -0.2) is 0 Å². The lowest BCUT2D eigenvalue weighted by atomic mass is 9.73. The van der Waals surface area contributed by atoms with E-state index in [2.05, 4.69) is 13.8 Å². The van der Waals surface area contributed by atoms with E-state index in [1.165, 1.54) is 6.42 Å². The van der Waals surface area contributed by atoms with Crippen LogP contribution >= 0.6 is 0 Å². The molecule has 4 unspecified atom stereocenters. The zero-order valence-corrected chi connectivity index (χ0v) is 10.4. The Morgan fingerprint density at radius 3 is 2.56 bits per heavy atom. The molecule has 0 bridgehead atoms. The number of aliphatic hydroxyl groups is 1. The lowest BCUT2D eigenvalue weighted by molar-refractivity contribution is 0.0402. The molecule has 1 saturated carbocycles. The van der Waals surface area contributed by atoms with Gasteiger partial charge in [0.2, 0.25) is 0 Å². The summed E-state index contributed by atoms with van der Waals surface area (Å²) in [5, 5.41) is 10.3. The fraction of sp³-hybridized carbons (Fsp3) is 0.714. The second-order valence-electron chi connectivity index (χ2n) is 5.42. The molecule has 2 heteroatoms. The molecule has 0 aromatic carbocycles. The summed E-state index contributed by atoms with van der Waals surface area (Å²) in [5.41, 5.74) is 0. The highest BCUT2D eigenvalue weighted by atomic mass is 16.4. The maximum atomic E-state index is 10.3. The minimum absolute atomic E-state index is 0.372. The Morgan fingerprint density at radius 2 is 2.00 bits per heavy atom. The Labute approximate surface area is 97.7 Å². The van der Waals surface area contributed by atoms with Gasteiger partial charge in [0, 0.05) is 0 Å². The Kier molecular flexibility index (Phi) is 3.38. The largest absolute Gasteiger partial charge is 0.464 e. The fourth-order valence-corrected chi connectivity index (χ4v) is 2.72. The van der Waals surface area contributed by atoms with Gasteiger partial charge in [-0.1, -0.05) is 20.3 Å². The summed E-state index contributed by atoms with van der Waals surface area (Å²) in [5.74, 6) is 3.50. The van der Waals surface area contributed by atoms with Crippen molar-refractivity contribution < 1.29 is 9.52 Å². The highest BCUT2D eigenvalue weighted by Gasteiger charge is 2.31. The second-order valence-corrected chi connectivity index (χ2v) is 5.42. The molecule has 4 atom stereocenters. The van der Waals surface area contributed by atoms with Crippen molar-refractivity contribution in [3.63, 3.8) is 0 Å². The first-order valence-corrected chi connectivity index (χ1v) is 6.32. The number of aryl methyl sites for hydroxylation is 1. The molecule has 1 aromatic rings. The molecule has 1 aliphatic carbocycles. The zero-order chi connectivity index (χ0) is 11.7. The predicted octanol–water partition coefficient (Wildman–Crippen LogP) is 3.69. The molecule has 1 aromatic heterocycles. The molecule has 1 fully saturated rings. The van der Waals surface area contributed by atoms with Gasteiger partial charge in [-0.15, -0.1) is 0 Å². The van der Waals surface area contributed by atoms with Gasteiger partial charge in [-0.05, 0) is 49.7 Å². The third-order valence-electron chi connectivity index (χ3n) is 4.14. The second kappa shape index (κ2) is 4.62. The van der Waals surface area contributed by atoms with Gasteiger partial charge in [-0.3, -0.25) is 0 Å². The van der Waals surface area contributed by atoms with E-state index < -0.39 is 6.10 Å². The molecule has 90 valence electrons. The molecule has 0 radical (unpaired) electrons. The van der Waals surface area contributed by atoms with Crippen molar-refractivity contribution in [3.8, 4) is 0 Å². The molecule has 0 spiro atoms. The van der Waals surface area contributed by atoms with Crippen molar-refractivity contribution >= 4 is 0 Å². The van der Waals surface area contributed by atoms with Crippen molar-refractivity contribution in [2.45, 2.75) is 46.1 Å². The minimum Gasteiger partial charge on any atom is -0.464 e. The number of aliphatic hydroxyl groups excluding tert-OH is 1. The molecule has 16 heavy (non-hydrogen) atoms. The van der Waals surface area contributed by atoms with Gasteiger partial charge >= 0.3 is 0 Å². The first-order valence-electron chi connectivity index (χ1n) is 6.32. The molecule has 0 amide bonds. The van der Waals surface area contributed by atoms with E-state index in [0.717, 1.165) is 30.3 Å². The van der Waals surface area contributed by atoms with E-state index in [9.17, 15) is 5.11 Å². The Balaban J connectivity index is 2.02. The number of hydrogen-bond acceptors (Lipinski definition) is 2. The van der Waals surface area contributed by atoms with Crippen LogP contribution < -0.4 is 0 Å². The van der Waals surface area contributed by atoms with Gasteiger partial charge in [-0.2, -0.15) is 0 Å². The molecule has 0 saturated heterocycles. The van der Waals surface area contributed by atoms with E-state index >= 15 is 0 Å². The van der Waals surface area contributed by atoms with Gasteiger partial charge in [0.15, 0.2) is 0 Å². The maximum Gasteiger partial charge on any atom is 0.132 e. The molecule has 2 nitrogen and oxygen atoms in total. The first kappa shape index (κ1) is 11.7. The van der Waals surface area contributed by atoms with Crippen LogP contribution in [0.5, 0.6) is 0 Å². The summed E-state index contributed by atoms with van der Waals surface area (Å²) in [6, 6.07) is 3.83. The highest BCUT2D eigenvalue weighted by Crippen LogP contribution is 2.40. The standard InChI is InChI=1S/C14H22O2/c1-9-4-6-12(8-10(9)2)14(15)13-7-5-11(3)16-13/h5,7,9-10,12,14-15H,4,6,8H2,1-3H3. The van der Waals surface area contributed by atoms with Crippen molar-refractivity contribution in [1.29, 1.82) is 0 Å². The van der Waals surface area contributed by atoms with E-state index in [1.54, 1.807) is 0 Å². The fourth-order valence-electron chi connectivity index (χ4n) is 2.72. The quantitative estimate of drug-likeness (QED) is 0.827. The summed E-state index contributed by atoms with van der Waals surface area (Å²) in [6.07, 6.45) is 3.04. The average molecular weight is 222 g/mol. The molecule has 1 heterocycles. The number of furan rings is 1. The lowest BCUT2D eigenvalue weighted by Crippen LogP contribution is -2.25. The van der Waals surface area contributed by atoms with Gasteiger partial charge in [0.05, 0.1) is 0 Å². The molecule has 2 rings (SSSR count). The SMILES string of the molecule is Cc1ccc(C(O)C2CCC(C)C(C)C2)o1. The number of rotatable bonds is 2.